The van der Waals surface area contributed by atoms with Gasteiger partial charge in [0.1, 0.15) is 17.7 Å². The molecule has 36 heavy (non-hydrogen) atoms. The average molecular weight is 520 g/mol. The Hall–Kier alpha value is -2.22. The molecule has 1 aliphatic rings. The molecule has 7 nitrogen and oxygen atoms in total. The molecule has 0 spiro atoms. The first-order valence-electron chi connectivity index (χ1n) is 13.2. The lowest BCUT2D eigenvalue weighted by atomic mass is 9.94. The van der Waals surface area contributed by atoms with Crippen molar-refractivity contribution in [3.05, 3.63) is 35.9 Å². The van der Waals surface area contributed by atoms with Gasteiger partial charge in [0.05, 0.1) is 0 Å². The third-order valence-corrected chi connectivity index (χ3v) is 7.16. The zero-order valence-corrected chi connectivity index (χ0v) is 23.7. The summed E-state index contributed by atoms with van der Waals surface area (Å²) in [6, 6.07) is 7.80. The second-order valence-electron chi connectivity index (χ2n) is 10.6. The smallest absolute Gasteiger partial charge is 0.408 e. The van der Waals surface area contributed by atoms with Crippen LogP contribution in [0.5, 0.6) is 0 Å². The standard InChI is InChI=1S/C28H45N3O4S/c1-7-20(2)31(26(33)23(18-19-36-6)30-27(34)35-28(3,4)5)24(21-14-10-8-11-15-21)25(32)29-22-16-12-9-13-17-22/h8,10-11,14-15,20,22-24H,7,9,12-13,16-19H2,1-6H3,(H,29,32)(H,30,34). The van der Waals surface area contributed by atoms with E-state index in [0.29, 0.717) is 18.6 Å². The number of ether oxygens (including phenoxy) is 1. The van der Waals surface area contributed by atoms with E-state index in [4.69, 9.17) is 4.74 Å². The fourth-order valence-electron chi connectivity index (χ4n) is 4.52. The molecule has 3 amide bonds. The van der Waals surface area contributed by atoms with Gasteiger partial charge in [-0.3, -0.25) is 9.59 Å². The Morgan fingerprint density at radius 3 is 2.31 bits per heavy atom. The summed E-state index contributed by atoms with van der Waals surface area (Å²) in [4.78, 5) is 42.3. The molecule has 0 saturated heterocycles. The van der Waals surface area contributed by atoms with Gasteiger partial charge in [0.25, 0.3) is 0 Å². The maximum absolute atomic E-state index is 14.1. The fourth-order valence-corrected chi connectivity index (χ4v) is 4.99. The van der Waals surface area contributed by atoms with Crippen molar-refractivity contribution in [3.8, 4) is 0 Å². The highest BCUT2D eigenvalue weighted by Crippen LogP contribution is 2.28. The third kappa shape index (κ3) is 9.34. The molecular formula is C28H45N3O4S. The van der Waals surface area contributed by atoms with Gasteiger partial charge >= 0.3 is 6.09 Å². The number of carbonyl (C=O) groups excluding carboxylic acids is 3. The van der Waals surface area contributed by atoms with E-state index in [-0.39, 0.29) is 23.9 Å². The van der Waals surface area contributed by atoms with Crippen LogP contribution in [0.15, 0.2) is 30.3 Å². The quantitative estimate of drug-likeness (QED) is 0.406. The maximum atomic E-state index is 14.1. The van der Waals surface area contributed by atoms with Crippen molar-refractivity contribution in [1.29, 1.82) is 0 Å². The molecule has 0 heterocycles. The van der Waals surface area contributed by atoms with Crippen LogP contribution >= 0.6 is 11.8 Å². The third-order valence-electron chi connectivity index (χ3n) is 6.51. The first-order chi connectivity index (χ1) is 17.1. The maximum Gasteiger partial charge on any atom is 0.408 e. The van der Waals surface area contributed by atoms with Gasteiger partial charge in [-0.15, -0.1) is 0 Å². The molecule has 1 aliphatic carbocycles. The van der Waals surface area contributed by atoms with Crippen molar-refractivity contribution >= 4 is 29.7 Å². The van der Waals surface area contributed by atoms with Crippen LogP contribution in [0.1, 0.15) is 91.2 Å². The predicted molar refractivity (Wildman–Crippen MR) is 147 cm³/mol. The lowest BCUT2D eigenvalue weighted by Gasteiger charge is -2.39. The number of nitrogens with one attached hydrogen (secondary N) is 2. The Balaban J connectivity index is 2.41. The number of hydrogen-bond donors (Lipinski definition) is 2. The summed E-state index contributed by atoms with van der Waals surface area (Å²) in [6.45, 7) is 9.33. The zero-order chi connectivity index (χ0) is 26.7. The summed E-state index contributed by atoms with van der Waals surface area (Å²) in [5, 5.41) is 6.03. The van der Waals surface area contributed by atoms with E-state index in [1.165, 1.54) is 6.42 Å². The lowest BCUT2D eigenvalue weighted by molar-refractivity contribution is -0.145. The number of alkyl carbamates (subject to hydrolysis) is 1. The van der Waals surface area contributed by atoms with Gasteiger partial charge < -0.3 is 20.3 Å². The summed E-state index contributed by atoms with van der Waals surface area (Å²) >= 11 is 1.61. The SMILES string of the molecule is CCC(C)N(C(=O)C(CCSC)NC(=O)OC(C)(C)C)C(C(=O)NC1CCCCC1)c1ccccc1. The molecule has 0 aromatic heterocycles. The van der Waals surface area contributed by atoms with Crippen molar-refractivity contribution in [2.24, 2.45) is 0 Å². The largest absolute Gasteiger partial charge is 0.444 e. The number of amides is 3. The van der Waals surface area contributed by atoms with E-state index in [9.17, 15) is 14.4 Å². The van der Waals surface area contributed by atoms with Gasteiger partial charge in [-0.1, -0.05) is 56.5 Å². The molecular weight excluding hydrogens is 474 g/mol. The van der Waals surface area contributed by atoms with Crippen LogP contribution in [0.25, 0.3) is 0 Å². The number of benzene rings is 1. The van der Waals surface area contributed by atoms with Gasteiger partial charge in [0, 0.05) is 12.1 Å². The van der Waals surface area contributed by atoms with Gasteiger partial charge in [0.2, 0.25) is 11.8 Å². The lowest BCUT2D eigenvalue weighted by Crippen LogP contribution is -2.56. The van der Waals surface area contributed by atoms with Crippen LogP contribution in [-0.4, -0.2) is 58.5 Å². The van der Waals surface area contributed by atoms with Crippen molar-refractivity contribution in [1.82, 2.24) is 15.5 Å². The van der Waals surface area contributed by atoms with E-state index in [2.05, 4.69) is 10.6 Å². The highest BCUT2D eigenvalue weighted by Gasteiger charge is 2.38. The van der Waals surface area contributed by atoms with Crippen molar-refractivity contribution < 1.29 is 19.1 Å². The van der Waals surface area contributed by atoms with E-state index >= 15 is 0 Å². The summed E-state index contributed by atoms with van der Waals surface area (Å²) in [6.07, 6.45) is 7.77. The molecule has 202 valence electrons. The Bertz CT molecular complexity index is 837. The zero-order valence-electron chi connectivity index (χ0n) is 22.8. The van der Waals surface area contributed by atoms with Crippen LogP contribution in [0.4, 0.5) is 4.79 Å². The molecule has 2 N–H and O–H groups in total. The Morgan fingerprint density at radius 2 is 1.75 bits per heavy atom. The number of rotatable bonds is 11. The molecule has 1 saturated carbocycles. The van der Waals surface area contributed by atoms with Gasteiger partial charge in [0.15, 0.2) is 0 Å². The Kier molecular flexibility index (Phi) is 12.1. The van der Waals surface area contributed by atoms with E-state index in [0.717, 1.165) is 31.2 Å². The van der Waals surface area contributed by atoms with Crippen LogP contribution in [-0.2, 0) is 14.3 Å². The van der Waals surface area contributed by atoms with Gasteiger partial charge in [-0.2, -0.15) is 11.8 Å². The molecule has 0 radical (unpaired) electrons. The van der Waals surface area contributed by atoms with E-state index in [1.54, 1.807) is 37.4 Å². The summed E-state index contributed by atoms with van der Waals surface area (Å²) in [5.41, 5.74) is 0.0837. The van der Waals surface area contributed by atoms with E-state index in [1.807, 2.05) is 50.4 Å². The van der Waals surface area contributed by atoms with Gasteiger partial charge in [-0.05, 0) is 71.0 Å². The molecule has 1 aromatic rings. The first kappa shape index (κ1) is 30.0. The van der Waals surface area contributed by atoms with Crippen molar-refractivity contribution in [3.63, 3.8) is 0 Å². The van der Waals surface area contributed by atoms with Crippen LogP contribution in [0, 0.1) is 0 Å². The number of nitrogens with zero attached hydrogens (tertiary/aromatic N) is 1. The average Bonchev–Trinajstić information content (AvgIpc) is 2.84. The Labute approximate surface area is 221 Å². The molecule has 0 bridgehead atoms. The summed E-state index contributed by atoms with van der Waals surface area (Å²) in [5.74, 6) is 0.254. The monoisotopic (exact) mass is 519 g/mol. The molecule has 2 rings (SSSR count). The minimum Gasteiger partial charge on any atom is -0.444 e. The molecule has 8 heteroatoms. The van der Waals surface area contributed by atoms with Crippen molar-refractivity contribution in [2.75, 3.05) is 12.0 Å². The molecule has 1 fully saturated rings. The fraction of sp³-hybridized carbons (Fsp3) is 0.679. The van der Waals surface area contributed by atoms with Crippen molar-refractivity contribution in [2.45, 2.75) is 109 Å². The number of thioether (sulfide) groups is 1. The second-order valence-corrected chi connectivity index (χ2v) is 11.6. The number of hydrogen-bond acceptors (Lipinski definition) is 5. The van der Waals surface area contributed by atoms with Crippen LogP contribution in [0.2, 0.25) is 0 Å². The normalized spacial score (nSPS) is 16.9. The minimum atomic E-state index is -0.796. The molecule has 0 aliphatic heterocycles. The molecule has 3 unspecified atom stereocenters. The van der Waals surface area contributed by atoms with Gasteiger partial charge in [-0.25, -0.2) is 4.79 Å². The predicted octanol–water partition coefficient (Wildman–Crippen LogP) is 5.45. The van der Waals surface area contributed by atoms with E-state index < -0.39 is 23.8 Å². The highest BCUT2D eigenvalue weighted by molar-refractivity contribution is 7.98. The first-order valence-corrected chi connectivity index (χ1v) is 14.6. The second kappa shape index (κ2) is 14.5. The Morgan fingerprint density at radius 1 is 1.11 bits per heavy atom. The molecule has 3 atom stereocenters. The topological polar surface area (TPSA) is 87.7 Å². The molecule has 1 aromatic carbocycles. The summed E-state index contributed by atoms with van der Waals surface area (Å²) in [7, 11) is 0. The van der Waals surface area contributed by atoms with Crippen LogP contribution in [0.3, 0.4) is 0 Å². The summed E-state index contributed by atoms with van der Waals surface area (Å²) < 4.78 is 5.45. The highest BCUT2D eigenvalue weighted by atomic mass is 32.2. The van der Waals surface area contributed by atoms with Crippen LogP contribution < -0.4 is 10.6 Å². The number of carbonyl (C=O) groups is 3. The minimum absolute atomic E-state index is 0.124.